The molecule has 1 aliphatic heterocycles. The van der Waals surface area contributed by atoms with E-state index in [-0.39, 0.29) is 5.82 Å². The molecule has 0 unspecified atom stereocenters. The molecule has 1 aromatic carbocycles. The number of ether oxygens (including phenoxy) is 1. The Morgan fingerprint density at radius 2 is 1.81 bits per heavy atom. The summed E-state index contributed by atoms with van der Waals surface area (Å²) in [4.78, 5) is 5.12. The third-order valence-corrected chi connectivity index (χ3v) is 6.23. The van der Waals surface area contributed by atoms with Crippen LogP contribution < -0.4 is 0 Å². The lowest BCUT2D eigenvalue weighted by Gasteiger charge is -2.39. The van der Waals surface area contributed by atoms with Crippen molar-refractivity contribution in [2.24, 2.45) is 5.92 Å². The summed E-state index contributed by atoms with van der Waals surface area (Å²) in [5, 5.41) is 0. The van der Waals surface area contributed by atoms with E-state index in [1.807, 2.05) is 12.1 Å². The van der Waals surface area contributed by atoms with Gasteiger partial charge in [0.25, 0.3) is 0 Å². The largest absolute Gasteiger partial charge is 0.383 e. The number of piperidine rings is 1. The summed E-state index contributed by atoms with van der Waals surface area (Å²) in [6.07, 6.45) is 9.34. The normalized spacial score (nSPS) is 20.7. The number of hydrogen-bond acceptors (Lipinski definition) is 3. The maximum Gasteiger partial charge on any atom is 0.127 e. The highest BCUT2D eigenvalue weighted by molar-refractivity contribution is 5.17. The zero-order valence-corrected chi connectivity index (χ0v) is 16.3. The first-order valence-electron chi connectivity index (χ1n) is 10.4. The van der Waals surface area contributed by atoms with E-state index in [4.69, 9.17) is 4.74 Å². The summed E-state index contributed by atoms with van der Waals surface area (Å²) < 4.78 is 19.2. The summed E-state index contributed by atoms with van der Waals surface area (Å²) in [6.45, 7) is 6.03. The van der Waals surface area contributed by atoms with Gasteiger partial charge in [-0.3, -0.25) is 9.80 Å². The number of halogens is 1. The minimum absolute atomic E-state index is 0.0716. The number of hydrogen-bond donors (Lipinski definition) is 0. The molecule has 1 saturated carbocycles. The van der Waals surface area contributed by atoms with Crippen LogP contribution in [0.15, 0.2) is 24.3 Å². The van der Waals surface area contributed by atoms with Crippen molar-refractivity contribution >= 4 is 0 Å². The van der Waals surface area contributed by atoms with Crippen LogP contribution in [0.2, 0.25) is 0 Å². The van der Waals surface area contributed by atoms with Crippen molar-refractivity contribution in [2.45, 2.75) is 57.5 Å². The van der Waals surface area contributed by atoms with E-state index >= 15 is 0 Å². The Bertz CT molecular complexity index is 525. The van der Waals surface area contributed by atoms with E-state index in [0.717, 1.165) is 50.3 Å². The van der Waals surface area contributed by atoms with Gasteiger partial charge in [-0.05, 0) is 50.8 Å². The van der Waals surface area contributed by atoms with Crippen LogP contribution >= 0.6 is 0 Å². The lowest BCUT2D eigenvalue weighted by molar-refractivity contribution is 0.0706. The Balaban J connectivity index is 1.47. The zero-order chi connectivity index (χ0) is 18.2. The summed E-state index contributed by atoms with van der Waals surface area (Å²) in [7, 11) is 1.81. The first-order valence-corrected chi connectivity index (χ1v) is 10.4. The van der Waals surface area contributed by atoms with Crippen LogP contribution in [0.5, 0.6) is 0 Å². The number of benzene rings is 1. The van der Waals surface area contributed by atoms with Crippen LogP contribution in [-0.2, 0) is 11.3 Å². The minimum atomic E-state index is -0.0716. The molecule has 0 radical (unpaired) electrons. The third kappa shape index (κ3) is 5.77. The molecule has 2 fully saturated rings. The van der Waals surface area contributed by atoms with Crippen molar-refractivity contribution in [1.29, 1.82) is 0 Å². The number of likely N-dealkylation sites (tertiary alicyclic amines) is 1. The van der Waals surface area contributed by atoms with Gasteiger partial charge in [0.2, 0.25) is 0 Å². The second-order valence-corrected chi connectivity index (χ2v) is 8.09. The highest BCUT2D eigenvalue weighted by Gasteiger charge is 2.26. The molecule has 0 aromatic heterocycles. The van der Waals surface area contributed by atoms with Crippen molar-refractivity contribution in [1.82, 2.24) is 9.80 Å². The van der Waals surface area contributed by atoms with E-state index in [1.165, 1.54) is 51.5 Å². The quantitative estimate of drug-likeness (QED) is 0.685. The fourth-order valence-electron chi connectivity index (χ4n) is 4.60. The standard InChI is InChI=1S/C22H35FN2O/c1-26-16-15-25(21-8-3-2-4-9-21)17-19-11-13-24(14-12-19)18-20-7-5-6-10-22(20)23/h5-7,10,19,21H,2-4,8-9,11-18H2,1H3. The molecule has 1 heterocycles. The van der Waals surface area contributed by atoms with Gasteiger partial charge in [-0.25, -0.2) is 4.39 Å². The monoisotopic (exact) mass is 362 g/mol. The van der Waals surface area contributed by atoms with E-state index in [1.54, 1.807) is 19.2 Å². The second kappa shape index (κ2) is 10.4. The van der Waals surface area contributed by atoms with Crippen LogP contribution in [0.3, 0.4) is 0 Å². The van der Waals surface area contributed by atoms with Gasteiger partial charge in [-0.2, -0.15) is 0 Å². The predicted octanol–water partition coefficient (Wildman–Crippen LogP) is 4.32. The van der Waals surface area contributed by atoms with Crippen molar-refractivity contribution in [3.63, 3.8) is 0 Å². The van der Waals surface area contributed by atoms with Gasteiger partial charge in [0, 0.05) is 38.3 Å². The van der Waals surface area contributed by atoms with Crippen LogP contribution in [0.1, 0.15) is 50.5 Å². The Hall–Kier alpha value is -0.970. The molecule has 3 rings (SSSR count). The van der Waals surface area contributed by atoms with Crippen LogP contribution in [-0.4, -0.2) is 55.7 Å². The van der Waals surface area contributed by atoms with Gasteiger partial charge in [-0.15, -0.1) is 0 Å². The molecule has 3 nitrogen and oxygen atoms in total. The third-order valence-electron chi connectivity index (χ3n) is 6.23. The van der Waals surface area contributed by atoms with Gasteiger partial charge < -0.3 is 4.74 Å². The first-order chi connectivity index (χ1) is 12.8. The second-order valence-electron chi connectivity index (χ2n) is 8.09. The van der Waals surface area contributed by atoms with Gasteiger partial charge >= 0.3 is 0 Å². The van der Waals surface area contributed by atoms with E-state index in [0.29, 0.717) is 0 Å². The van der Waals surface area contributed by atoms with Crippen LogP contribution in [0, 0.1) is 11.7 Å². The molecule has 1 aliphatic carbocycles. The van der Waals surface area contributed by atoms with Crippen molar-refractivity contribution in [3.8, 4) is 0 Å². The highest BCUT2D eigenvalue weighted by atomic mass is 19.1. The summed E-state index contributed by atoms with van der Waals surface area (Å²) in [5.74, 6) is 0.698. The lowest BCUT2D eigenvalue weighted by Crippen LogP contribution is -2.44. The molecule has 2 aliphatic rings. The maximum atomic E-state index is 13.9. The molecule has 0 amide bonds. The van der Waals surface area contributed by atoms with Crippen LogP contribution in [0.25, 0.3) is 0 Å². The Morgan fingerprint density at radius 3 is 2.50 bits per heavy atom. The van der Waals surface area contributed by atoms with Crippen molar-refractivity contribution in [3.05, 3.63) is 35.6 Å². The molecule has 146 valence electrons. The molecule has 4 heteroatoms. The fourth-order valence-corrected chi connectivity index (χ4v) is 4.60. The molecule has 1 aromatic rings. The molecule has 1 saturated heterocycles. The Labute approximate surface area is 158 Å². The Kier molecular flexibility index (Phi) is 7.90. The number of nitrogens with zero attached hydrogens (tertiary/aromatic N) is 2. The average molecular weight is 363 g/mol. The zero-order valence-electron chi connectivity index (χ0n) is 16.3. The summed E-state index contributed by atoms with van der Waals surface area (Å²) in [6, 6.07) is 7.94. The van der Waals surface area contributed by atoms with Gasteiger partial charge in [0.15, 0.2) is 0 Å². The smallest absolute Gasteiger partial charge is 0.127 e. The van der Waals surface area contributed by atoms with E-state index in [9.17, 15) is 4.39 Å². The molecule has 26 heavy (non-hydrogen) atoms. The van der Waals surface area contributed by atoms with E-state index < -0.39 is 0 Å². The van der Waals surface area contributed by atoms with Crippen molar-refractivity contribution < 1.29 is 9.13 Å². The molecule has 0 spiro atoms. The Morgan fingerprint density at radius 1 is 1.08 bits per heavy atom. The number of methoxy groups -OCH3 is 1. The SMILES string of the molecule is COCCN(CC1CCN(Cc2ccccc2F)CC1)C1CCCCC1. The summed E-state index contributed by atoms with van der Waals surface area (Å²) >= 11 is 0. The maximum absolute atomic E-state index is 13.9. The van der Waals surface area contributed by atoms with Gasteiger partial charge in [-0.1, -0.05) is 37.5 Å². The molecular weight excluding hydrogens is 327 g/mol. The topological polar surface area (TPSA) is 15.7 Å². The van der Waals surface area contributed by atoms with Gasteiger partial charge in [0.05, 0.1) is 6.61 Å². The van der Waals surface area contributed by atoms with Gasteiger partial charge in [0.1, 0.15) is 5.82 Å². The van der Waals surface area contributed by atoms with Crippen molar-refractivity contribution in [2.75, 3.05) is 39.9 Å². The molecule has 0 N–H and O–H groups in total. The number of rotatable bonds is 8. The summed E-state index contributed by atoms with van der Waals surface area (Å²) in [5.41, 5.74) is 0.829. The lowest BCUT2D eigenvalue weighted by atomic mass is 9.91. The average Bonchev–Trinajstić information content (AvgIpc) is 2.69. The first kappa shape index (κ1) is 19.8. The highest BCUT2D eigenvalue weighted by Crippen LogP contribution is 2.26. The molecule has 0 atom stereocenters. The fraction of sp³-hybridized carbons (Fsp3) is 0.727. The van der Waals surface area contributed by atoms with E-state index in [2.05, 4.69) is 9.80 Å². The van der Waals surface area contributed by atoms with Crippen LogP contribution in [0.4, 0.5) is 4.39 Å². The molecule has 0 bridgehead atoms. The molecular formula is C22H35FN2O. The predicted molar refractivity (Wildman–Crippen MR) is 105 cm³/mol. The minimum Gasteiger partial charge on any atom is -0.383 e.